The van der Waals surface area contributed by atoms with Crippen LogP contribution in [0.15, 0.2) is 30.5 Å². The third-order valence-electron chi connectivity index (χ3n) is 7.17. The number of pyridine rings is 2. The maximum atomic E-state index is 13.5. The second-order valence-electron chi connectivity index (χ2n) is 9.74. The zero-order chi connectivity index (χ0) is 30.7. The summed E-state index contributed by atoms with van der Waals surface area (Å²) in [4.78, 5) is 35.4. The van der Waals surface area contributed by atoms with Gasteiger partial charge in [0.05, 0.1) is 17.9 Å². The van der Waals surface area contributed by atoms with Gasteiger partial charge in [0.1, 0.15) is 18.3 Å². The highest BCUT2D eigenvalue weighted by atomic mass is 19.4. The van der Waals surface area contributed by atoms with Crippen LogP contribution >= 0.6 is 0 Å². The number of halogens is 3. The highest BCUT2D eigenvalue weighted by Crippen LogP contribution is 2.37. The summed E-state index contributed by atoms with van der Waals surface area (Å²) in [5.74, 6) is 0.933. The van der Waals surface area contributed by atoms with Crippen LogP contribution < -0.4 is 19.7 Å². The van der Waals surface area contributed by atoms with Gasteiger partial charge in [0, 0.05) is 45.0 Å². The molecule has 0 unspecified atom stereocenters. The smallest absolute Gasteiger partial charge is 0.408 e. The molecule has 4 heterocycles. The monoisotopic (exact) mass is 596 g/mol. The van der Waals surface area contributed by atoms with Gasteiger partial charge in [-0.25, -0.2) is 14.8 Å². The van der Waals surface area contributed by atoms with Crippen LogP contribution in [-0.4, -0.2) is 109 Å². The molecule has 2 atom stereocenters. The fraction of sp³-hybridized carbons (Fsp3) is 0.571. The molecule has 0 radical (unpaired) electrons. The van der Waals surface area contributed by atoms with Crippen LogP contribution in [0.1, 0.15) is 33.1 Å². The number of alkyl halides is 3. The van der Waals surface area contributed by atoms with Crippen molar-refractivity contribution in [2.75, 3.05) is 57.9 Å². The van der Waals surface area contributed by atoms with Crippen LogP contribution in [-0.2, 0) is 4.79 Å². The van der Waals surface area contributed by atoms with Crippen LogP contribution in [0.2, 0.25) is 0 Å². The molecule has 2 amide bonds. The third-order valence-corrected chi connectivity index (χ3v) is 7.17. The SMILES string of the molecule is CCOc1ncccc1-c1ccc(N2CCN(C(=O)N3CCC[C@H]3C(F)(F)F)C[C@H]2CC)c(OCCNC)n1.O=CO. The van der Waals surface area contributed by atoms with E-state index in [9.17, 15) is 18.0 Å². The van der Waals surface area contributed by atoms with Crippen molar-refractivity contribution in [1.82, 2.24) is 25.1 Å². The largest absolute Gasteiger partial charge is 0.483 e. The zero-order valence-electron chi connectivity index (χ0n) is 24.1. The van der Waals surface area contributed by atoms with E-state index in [1.807, 2.05) is 45.2 Å². The van der Waals surface area contributed by atoms with E-state index < -0.39 is 18.2 Å². The molecule has 2 aliphatic rings. The third kappa shape index (κ3) is 7.93. The Kier molecular flexibility index (Phi) is 12.0. The normalized spacial score (nSPS) is 18.8. The van der Waals surface area contributed by atoms with E-state index in [0.717, 1.165) is 16.2 Å². The predicted molar refractivity (Wildman–Crippen MR) is 151 cm³/mol. The topological polar surface area (TPSA) is 120 Å². The lowest BCUT2D eigenvalue weighted by Gasteiger charge is -2.44. The Morgan fingerprint density at radius 3 is 2.60 bits per heavy atom. The number of piperazine rings is 1. The second kappa shape index (κ2) is 15.4. The molecule has 11 nitrogen and oxygen atoms in total. The fourth-order valence-electron chi connectivity index (χ4n) is 5.21. The molecule has 0 saturated carbocycles. The van der Waals surface area contributed by atoms with Crippen molar-refractivity contribution in [3.63, 3.8) is 0 Å². The van der Waals surface area contributed by atoms with E-state index in [-0.39, 0.29) is 25.5 Å². The van der Waals surface area contributed by atoms with Crippen LogP contribution in [0.3, 0.4) is 0 Å². The Labute approximate surface area is 243 Å². The molecule has 4 rings (SSSR count). The molecule has 2 saturated heterocycles. The number of hydrogen-bond acceptors (Lipinski definition) is 8. The number of anilines is 1. The standard InChI is InChI=1S/C27H37F3N6O3.CH2O2/c1-4-19-18-34(26(37)36-14-7-9-23(36)27(28,29)30)15-16-35(19)22-11-10-21(33-25(22)39-17-13-31-3)20-8-6-12-32-24(20)38-5-2;2-1-3/h6,8,10-12,19,23,31H,4-5,7,9,13-18H2,1-3H3;1H,(H,2,3)/t19-,23+;/m1./s1. The number of nitrogens with zero attached hydrogens (tertiary/aromatic N) is 5. The van der Waals surface area contributed by atoms with Crippen molar-refractivity contribution in [2.45, 2.75) is 51.4 Å². The lowest BCUT2D eigenvalue weighted by atomic mass is 10.1. The van der Waals surface area contributed by atoms with Gasteiger partial charge in [-0.1, -0.05) is 6.92 Å². The lowest BCUT2D eigenvalue weighted by Crippen LogP contribution is -2.59. The maximum Gasteiger partial charge on any atom is 0.408 e. The summed E-state index contributed by atoms with van der Waals surface area (Å²) in [6, 6.07) is 5.20. The van der Waals surface area contributed by atoms with Gasteiger partial charge >= 0.3 is 12.2 Å². The van der Waals surface area contributed by atoms with Crippen molar-refractivity contribution in [3.05, 3.63) is 30.5 Å². The first-order valence-electron chi connectivity index (χ1n) is 14.0. The van der Waals surface area contributed by atoms with Gasteiger partial charge in [0.2, 0.25) is 11.8 Å². The van der Waals surface area contributed by atoms with Gasteiger partial charge in [-0.2, -0.15) is 13.2 Å². The van der Waals surface area contributed by atoms with Crippen molar-refractivity contribution >= 4 is 18.2 Å². The average Bonchev–Trinajstić information content (AvgIpc) is 3.49. The van der Waals surface area contributed by atoms with Crippen LogP contribution in [0.5, 0.6) is 11.8 Å². The molecule has 42 heavy (non-hydrogen) atoms. The van der Waals surface area contributed by atoms with Gasteiger partial charge in [-0.3, -0.25) is 4.79 Å². The molecule has 0 spiro atoms. The number of likely N-dealkylation sites (N-methyl/N-ethyl adjacent to an activating group) is 1. The number of urea groups is 1. The molecule has 2 aromatic rings. The quantitative estimate of drug-likeness (QED) is 0.328. The molecular weight excluding hydrogens is 557 g/mol. The molecule has 2 aliphatic heterocycles. The summed E-state index contributed by atoms with van der Waals surface area (Å²) < 4.78 is 52.3. The van der Waals surface area contributed by atoms with Gasteiger partial charge in [0.25, 0.3) is 6.47 Å². The molecule has 14 heteroatoms. The molecule has 0 aromatic carbocycles. The Bertz CT molecular complexity index is 1170. The summed E-state index contributed by atoms with van der Waals surface area (Å²) in [6.45, 7) is 6.36. The van der Waals surface area contributed by atoms with Gasteiger partial charge < -0.3 is 34.6 Å². The van der Waals surface area contributed by atoms with Crippen molar-refractivity contribution in [3.8, 4) is 23.0 Å². The Hall–Kier alpha value is -3.81. The Morgan fingerprint density at radius 2 is 1.93 bits per heavy atom. The molecular formula is C28H39F3N6O5. The first kappa shape index (κ1) is 32.7. The zero-order valence-corrected chi connectivity index (χ0v) is 24.1. The van der Waals surface area contributed by atoms with Crippen molar-refractivity contribution in [2.24, 2.45) is 0 Å². The molecule has 232 valence electrons. The number of hydrogen-bond donors (Lipinski definition) is 2. The minimum absolute atomic E-state index is 0.0420. The lowest BCUT2D eigenvalue weighted by molar-refractivity contribution is -0.170. The van der Waals surface area contributed by atoms with Gasteiger partial charge in [-0.05, 0) is 57.5 Å². The number of amides is 2. The average molecular weight is 597 g/mol. The van der Waals surface area contributed by atoms with E-state index in [2.05, 4.69) is 15.2 Å². The summed E-state index contributed by atoms with van der Waals surface area (Å²) >= 11 is 0. The minimum atomic E-state index is -4.42. The summed E-state index contributed by atoms with van der Waals surface area (Å²) in [5, 5.41) is 9.95. The number of carbonyl (C=O) groups excluding carboxylic acids is 1. The Balaban J connectivity index is 0.00000155. The van der Waals surface area contributed by atoms with E-state index in [1.165, 1.54) is 0 Å². The fourth-order valence-corrected chi connectivity index (χ4v) is 5.21. The number of carboxylic acid groups (broad SMARTS) is 1. The number of rotatable bonds is 9. The van der Waals surface area contributed by atoms with E-state index in [0.29, 0.717) is 69.7 Å². The Morgan fingerprint density at radius 1 is 1.17 bits per heavy atom. The van der Waals surface area contributed by atoms with Crippen LogP contribution in [0, 0.1) is 0 Å². The van der Waals surface area contributed by atoms with E-state index in [1.54, 1.807) is 11.1 Å². The van der Waals surface area contributed by atoms with E-state index >= 15 is 0 Å². The summed E-state index contributed by atoms with van der Waals surface area (Å²) in [7, 11) is 1.84. The number of ether oxygens (including phenoxy) is 2. The molecule has 2 fully saturated rings. The molecule has 0 bridgehead atoms. The highest BCUT2D eigenvalue weighted by Gasteiger charge is 2.49. The first-order valence-corrected chi connectivity index (χ1v) is 14.0. The minimum Gasteiger partial charge on any atom is -0.483 e. The first-order chi connectivity index (χ1) is 20.2. The molecule has 2 N–H and O–H groups in total. The molecule has 0 aliphatic carbocycles. The number of carbonyl (C=O) groups is 2. The maximum absolute atomic E-state index is 13.5. The van der Waals surface area contributed by atoms with Crippen LogP contribution in [0.4, 0.5) is 23.7 Å². The second-order valence-corrected chi connectivity index (χ2v) is 9.74. The predicted octanol–water partition coefficient (Wildman–Crippen LogP) is 3.89. The van der Waals surface area contributed by atoms with Gasteiger partial charge in [0.15, 0.2) is 0 Å². The van der Waals surface area contributed by atoms with Crippen molar-refractivity contribution < 1.29 is 37.3 Å². The van der Waals surface area contributed by atoms with Crippen molar-refractivity contribution in [1.29, 1.82) is 0 Å². The number of nitrogens with one attached hydrogen (secondary N) is 1. The number of likely N-dealkylation sites (tertiary alicyclic amines) is 1. The number of aromatic nitrogens is 2. The molecule has 2 aromatic heterocycles. The highest BCUT2D eigenvalue weighted by molar-refractivity contribution is 5.76. The van der Waals surface area contributed by atoms with E-state index in [4.69, 9.17) is 24.4 Å². The summed E-state index contributed by atoms with van der Waals surface area (Å²) in [5.41, 5.74) is 2.19. The van der Waals surface area contributed by atoms with Crippen LogP contribution in [0.25, 0.3) is 11.3 Å². The summed E-state index contributed by atoms with van der Waals surface area (Å²) in [6.07, 6.45) is -1.73. The van der Waals surface area contributed by atoms with Gasteiger partial charge in [-0.15, -0.1) is 0 Å².